The van der Waals surface area contributed by atoms with E-state index in [4.69, 9.17) is 4.42 Å². The van der Waals surface area contributed by atoms with Crippen molar-refractivity contribution >= 4 is 56.4 Å². The number of thiophene rings is 1. The van der Waals surface area contributed by atoms with Crippen molar-refractivity contribution in [2.45, 2.75) is 10.1 Å². The van der Waals surface area contributed by atoms with Gasteiger partial charge in [0.1, 0.15) is 11.1 Å². The number of aromatic nitrogens is 2. The van der Waals surface area contributed by atoms with Crippen LogP contribution in [-0.4, -0.2) is 16.1 Å². The maximum absolute atomic E-state index is 12.4. The molecule has 3 aromatic heterocycles. The summed E-state index contributed by atoms with van der Waals surface area (Å²) < 4.78 is 5.93. The molecule has 130 valence electrons. The minimum Gasteiger partial charge on any atom is -0.422 e. The largest absolute Gasteiger partial charge is 0.422 e. The van der Waals surface area contributed by atoms with Crippen molar-refractivity contribution in [2.24, 2.45) is 0 Å². The first-order chi connectivity index (χ1) is 12.7. The Kier molecular flexibility index (Phi) is 4.83. The van der Waals surface area contributed by atoms with Gasteiger partial charge in [-0.1, -0.05) is 47.4 Å². The number of carbonyl (C=O) groups excluding carboxylic acids is 1. The molecular formula is C17H11N3O3S3. The highest BCUT2D eigenvalue weighted by molar-refractivity contribution is 8.00. The van der Waals surface area contributed by atoms with Crippen molar-refractivity contribution in [3.8, 4) is 0 Å². The monoisotopic (exact) mass is 401 g/mol. The molecule has 1 N–H and O–H groups in total. The number of thioether (sulfide) groups is 1. The topological polar surface area (TPSA) is 85.1 Å². The first-order valence-electron chi connectivity index (χ1n) is 7.52. The van der Waals surface area contributed by atoms with Crippen LogP contribution < -0.4 is 10.9 Å². The summed E-state index contributed by atoms with van der Waals surface area (Å²) in [4.78, 5) is 25.7. The molecule has 0 radical (unpaired) electrons. The predicted octanol–water partition coefficient (Wildman–Crippen LogP) is 4.25. The molecule has 0 aliphatic carbocycles. The van der Waals surface area contributed by atoms with E-state index in [9.17, 15) is 9.59 Å². The fraction of sp³-hybridized carbons (Fsp3) is 0.0588. The molecule has 0 fully saturated rings. The maximum Gasteiger partial charge on any atom is 0.349 e. The van der Waals surface area contributed by atoms with Crippen molar-refractivity contribution in [3.63, 3.8) is 0 Å². The molecule has 0 bridgehead atoms. The number of fused-ring (bicyclic) bond motifs is 1. The van der Waals surface area contributed by atoms with Crippen LogP contribution in [0.5, 0.6) is 0 Å². The number of anilines is 1. The Hall–Kier alpha value is -2.49. The average molecular weight is 401 g/mol. The first-order valence-corrected chi connectivity index (χ1v) is 10.2. The molecule has 1 aromatic carbocycles. The molecule has 0 unspecified atom stereocenters. The Balaban J connectivity index is 1.48. The highest BCUT2D eigenvalue weighted by atomic mass is 32.2. The Bertz CT molecular complexity index is 1120. The Morgan fingerprint density at radius 1 is 1.19 bits per heavy atom. The minimum absolute atomic E-state index is 0.0633. The lowest BCUT2D eigenvalue weighted by atomic mass is 10.2. The molecule has 4 aromatic rings. The van der Waals surface area contributed by atoms with E-state index in [0.29, 0.717) is 16.1 Å². The van der Waals surface area contributed by atoms with Crippen molar-refractivity contribution in [1.29, 1.82) is 0 Å². The zero-order valence-corrected chi connectivity index (χ0v) is 15.6. The first kappa shape index (κ1) is 17.0. The fourth-order valence-corrected chi connectivity index (χ4v) is 4.75. The standard InChI is InChI=1S/C17H11N3O3S3/c21-14(12-8-10-4-1-2-6-13(10)23-15(12)22)18-16-19-20-17(26-16)25-9-11-5-3-7-24-11/h1-8H,9H2,(H,18,19,21). The van der Waals surface area contributed by atoms with E-state index >= 15 is 0 Å². The predicted molar refractivity (Wildman–Crippen MR) is 104 cm³/mol. The van der Waals surface area contributed by atoms with Gasteiger partial charge in [0.25, 0.3) is 5.91 Å². The summed E-state index contributed by atoms with van der Waals surface area (Å²) >= 11 is 4.50. The zero-order valence-electron chi connectivity index (χ0n) is 13.2. The minimum atomic E-state index is -0.682. The Labute approximate surface area is 159 Å². The second-order valence-electron chi connectivity index (χ2n) is 5.18. The molecular weight excluding hydrogens is 390 g/mol. The number of nitrogens with one attached hydrogen (secondary N) is 1. The van der Waals surface area contributed by atoms with Gasteiger partial charge in [0.15, 0.2) is 4.34 Å². The summed E-state index contributed by atoms with van der Waals surface area (Å²) in [6, 6.07) is 12.6. The second-order valence-corrected chi connectivity index (χ2v) is 8.41. The fourth-order valence-electron chi connectivity index (χ4n) is 2.23. The average Bonchev–Trinajstić information content (AvgIpc) is 3.31. The van der Waals surface area contributed by atoms with Crippen LogP contribution in [-0.2, 0) is 5.75 Å². The van der Waals surface area contributed by atoms with E-state index in [2.05, 4.69) is 21.6 Å². The van der Waals surface area contributed by atoms with Gasteiger partial charge < -0.3 is 4.42 Å². The van der Waals surface area contributed by atoms with Gasteiger partial charge in [-0.25, -0.2) is 4.79 Å². The smallest absolute Gasteiger partial charge is 0.349 e. The summed E-state index contributed by atoms with van der Waals surface area (Å²) in [5.41, 5.74) is -0.304. The number of benzene rings is 1. The molecule has 6 nitrogen and oxygen atoms in total. The quantitative estimate of drug-likeness (QED) is 0.306. The Morgan fingerprint density at radius 2 is 2.08 bits per heavy atom. The van der Waals surface area contributed by atoms with Crippen LogP contribution in [0.4, 0.5) is 5.13 Å². The highest BCUT2D eigenvalue weighted by Crippen LogP contribution is 2.29. The highest BCUT2D eigenvalue weighted by Gasteiger charge is 2.16. The molecule has 0 atom stereocenters. The van der Waals surface area contributed by atoms with Crippen molar-refractivity contribution in [1.82, 2.24) is 10.2 Å². The van der Waals surface area contributed by atoms with Gasteiger partial charge in [-0.2, -0.15) is 0 Å². The lowest BCUT2D eigenvalue weighted by Crippen LogP contribution is -2.20. The van der Waals surface area contributed by atoms with Crippen molar-refractivity contribution in [3.05, 3.63) is 68.7 Å². The molecule has 0 aliphatic heterocycles. The van der Waals surface area contributed by atoms with Crippen LogP contribution in [0.2, 0.25) is 0 Å². The lowest BCUT2D eigenvalue weighted by molar-refractivity contribution is 0.102. The summed E-state index contributed by atoms with van der Waals surface area (Å²) in [7, 11) is 0. The number of hydrogen-bond acceptors (Lipinski definition) is 8. The van der Waals surface area contributed by atoms with E-state index < -0.39 is 11.5 Å². The SMILES string of the molecule is O=C(Nc1nnc(SCc2cccs2)s1)c1cc2ccccc2oc1=O. The third-order valence-corrected chi connectivity index (χ3v) is 6.51. The molecule has 0 spiro atoms. The van der Waals surface area contributed by atoms with E-state index in [0.717, 1.165) is 10.1 Å². The van der Waals surface area contributed by atoms with E-state index in [-0.39, 0.29) is 5.56 Å². The van der Waals surface area contributed by atoms with Crippen LogP contribution in [0.15, 0.2) is 61.4 Å². The van der Waals surface area contributed by atoms with Crippen molar-refractivity contribution in [2.75, 3.05) is 5.32 Å². The van der Waals surface area contributed by atoms with Crippen LogP contribution in [0.1, 0.15) is 15.2 Å². The van der Waals surface area contributed by atoms with Gasteiger partial charge >= 0.3 is 5.63 Å². The number of rotatable bonds is 5. The van der Waals surface area contributed by atoms with E-state index in [1.807, 2.05) is 17.5 Å². The van der Waals surface area contributed by atoms with Gasteiger partial charge in [0, 0.05) is 16.0 Å². The summed E-state index contributed by atoms with van der Waals surface area (Å²) in [5, 5.41) is 13.7. The summed E-state index contributed by atoms with van der Waals surface area (Å²) in [6.07, 6.45) is 0. The van der Waals surface area contributed by atoms with Gasteiger partial charge in [-0.15, -0.1) is 21.5 Å². The van der Waals surface area contributed by atoms with Gasteiger partial charge in [-0.3, -0.25) is 10.1 Å². The molecule has 3 heterocycles. The number of carbonyl (C=O) groups is 1. The third kappa shape index (κ3) is 3.69. The van der Waals surface area contributed by atoms with E-state index in [1.165, 1.54) is 22.3 Å². The zero-order chi connectivity index (χ0) is 17.9. The van der Waals surface area contributed by atoms with Gasteiger partial charge in [-0.05, 0) is 23.6 Å². The van der Waals surface area contributed by atoms with Gasteiger partial charge in [0.2, 0.25) is 5.13 Å². The molecule has 26 heavy (non-hydrogen) atoms. The van der Waals surface area contributed by atoms with Gasteiger partial charge in [0.05, 0.1) is 0 Å². The number of para-hydroxylation sites is 1. The molecule has 0 saturated heterocycles. The summed E-state index contributed by atoms with van der Waals surface area (Å²) in [6.45, 7) is 0. The molecule has 1 amide bonds. The number of nitrogens with zero attached hydrogens (tertiary/aromatic N) is 2. The lowest BCUT2D eigenvalue weighted by Gasteiger charge is -2.01. The molecule has 4 rings (SSSR count). The summed E-state index contributed by atoms with van der Waals surface area (Å²) in [5.74, 6) is 0.240. The Morgan fingerprint density at radius 3 is 2.92 bits per heavy atom. The maximum atomic E-state index is 12.4. The number of hydrogen-bond donors (Lipinski definition) is 1. The van der Waals surface area contributed by atoms with Crippen LogP contribution in [0.25, 0.3) is 11.0 Å². The number of amides is 1. The van der Waals surface area contributed by atoms with Crippen molar-refractivity contribution < 1.29 is 9.21 Å². The second kappa shape index (κ2) is 7.40. The van der Waals surface area contributed by atoms with Crippen LogP contribution in [0.3, 0.4) is 0 Å². The normalized spacial score (nSPS) is 10.9. The third-order valence-electron chi connectivity index (χ3n) is 3.43. The molecule has 9 heteroatoms. The molecule has 0 saturated carbocycles. The van der Waals surface area contributed by atoms with Crippen LogP contribution >= 0.6 is 34.4 Å². The van der Waals surface area contributed by atoms with Crippen LogP contribution in [0, 0.1) is 0 Å². The van der Waals surface area contributed by atoms with E-state index in [1.54, 1.807) is 41.3 Å². The molecule has 0 aliphatic rings.